The highest BCUT2D eigenvalue weighted by Crippen LogP contribution is 2.28. The fourth-order valence-electron chi connectivity index (χ4n) is 1.44. The number of para-hydroxylation sites is 1. The lowest BCUT2D eigenvalue weighted by Gasteiger charge is -2.11. The van der Waals surface area contributed by atoms with E-state index in [0.717, 1.165) is 0 Å². The fraction of sp³-hybridized carbons (Fsp3) is 0.167. The van der Waals surface area contributed by atoms with Crippen molar-refractivity contribution in [3.8, 4) is 0 Å². The molecule has 0 radical (unpaired) electrons. The monoisotopic (exact) mass is 268 g/mol. The second-order valence-electron chi connectivity index (χ2n) is 3.70. The van der Waals surface area contributed by atoms with Crippen LogP contribution in [-0.2, 0) is 6.18 Å². The first kappa shape index (κ1) is 13.1. The molecule has 1 aromatic heterocycles. The maximum atomic E-state index is 12.6. The van der Waals surface area contributed by atoms with Crippen LogP contribution in [0.5, 0.6) is 0 Å². The molecule has 0 atom stereocenters. The Kier molecular flexibility index (Phi) is 3.55. The molecule has 7 heteroatoms. The number of nitrogens with one attached hydrogen (secondary N) is 2. The molecule has 0 saturated heterocycles. The summed E-state index contributed by atoms with van der Waals surface area (Å²) < 4.78 is 37.9. The number of hydrogen-bond acceptors (Lipinski definition) is 4. The zero-order valence-corrected chi connectivity index (χ0v) is 9.99. The molecule has 0 amide bonds. The minimum Gasteiger partial charge on any atom is -0.373 e. The Morgan fingerprint density at radius 1 is 1.00 bits per heavy atom. The first-order chi connectivity index (χ1) is 8.99. The van der Waals surface area contributed by atoms with Crippen molar-refractivity contribution in [1.29, 1.82) is 0 Å². The summed E-state index contributed by atoms with van der Waals surface area (Å²) in [6.45, 7) is 0. The van der Waals surface area contributed by atoms with Crippen LogP contribution in [0, 0.1) is 0 Å². The van der Waals surface area contributed by atoms with Crippen LogP contribution in [0.4, 0.5) is 30.5 Å². The number of rotatable bonds is 3. The lowest BCUT2D eigenvalue weighted by atomic mass is 10.3. The van der Waals surface area contributed by atoms with Gasteiger partial charge in [0.1, 0.15) is 11.6 Å². The lowest BCUT2D eigenvalue weighted by Crippen LogP contribution is -2.13. The van der Waals surface area contributed by atoms with E-state index in [-0.39, 0.29) is 11.6 Å². The lowest BCUT2D eigenvalue weighted by molar-refractivity contribution is -0.144. The summed E-state index contributed by atoms with van der Waals surface area (Å²) in [6, 6.07) is 10.2. The van der Waals surface area contributed by atoms with Crippen LogP contribution in [-0.4, -0.2) is 17.0 Å². The largest absolute Gasteiger partial charge is 0.451 e. The van der Waals surface area contributed by atoms with E-state index in [9.17, 15) is 13.2 Å². The molecule has 0 saturated carbocycles. The molecule has 0 unspecified atom stereocenters. The SMILES string of the molecule is CNc1cc(Nc2ccccc2)nc(C(F)(F)F)n1. The summed E-state index contributed by atoms with van der Waals surface area (Å²) >= 11 is 0. The average molecular weight is 268 g/mol. The van der Waals surface area contributed by atoms with Gasteiger partial charge in [-0.15, -0.1) is 0 Å². The molecular formula is C12H11F3N4. The summed E-state index contributed by atoms with van der Waals surface area (Å²) in [5, 5.41) is 5.37. The van der Waals surface area contributed by atoms with Gasteiger partial charge in [-0.25, -0.2) is 9.97 Å². The number of hydrogen-bond donors (Lipinski definition) is 2. The van der Waals surface area contributed by atoms with Crippen molar-refractivity contribution in [3.63, 3.8) is 0 Å². The van der Waals surface area contributed by atoms with Crippen LogP contribution in [0.3, 0.4) is 0 Å². The van der Waals surface area contributed by atoms with Gasteiger partial charge < -0.3 is 10.6 Å². The summed E-state index contributed by atoms with van der Waals surface area (Å²) in [7, 11) is 1.49. The number of halogens is 3. The molecule has 2 aromatic rings. The Balaban J connectivity index is 2.35. The maximum Gasteiger partial charge on any atom is 0.451 e. The van der Waals surface area contributed by atoms with Crippen molar-refractivity contribution in [1.82, 2.24) is 9.97 Å². The molecule has 1 heterocycles. The minimum atomic E-state index is -4.58. The van der Waals surface area contributed by atoms with Crippen molar-refractivity contribution in [2.75, 3.05) is 17.7 Å². The van der Waals surface area contributed by atoms with Gasteiger partial charge in [-0.3, -0.25) is 0 Å². The summed E-state index contributed by atoms with van der Waals surface area (Å²) in [5.41, 5.74) is 0.649. The van der Waals surface area contributed by atoms with Gasteiger partial charge in [0.25, 0.3) is 0 Å². The normalized spacial score (nSPS) is 11.2. The Bertz CT molecular complexity index is 555. The predicted molar refractivity (Wildman–Crippen MR) is 66.3 cm³/mol. The van der Waals surface area contributed by atoms with E-state index in [4.69, 9.17) is 0 Å². The van der Waals surface area contributed by atoms with Crippen molar-refractivity contribution < 1.29 is 13.2 Å². The zero-order valence-electron chi connectivity index (χ0n) is 9.99. The van der Waals surface area contributed by atoms with Crippen LogP contribution in [0.2, 0.25) is 0 Å². The van der Waals surface area contributed by atoms with Gasteiger partial charge in [-0.1, -0.05) is 18.2 Å². The first-order valence-corrected chi connectivity index (χ1v) is 5.45. The fourth-order valence-corrected chi connectivity index (χ4v) is 1.44. The molecule has 2 rings (SSSR count). The maximum absolute atomic E-state index is 12.6. The van der Waals surface area contributed by atoms with Crippen LogP contribution in [0.25, 0.3) is 0 Å². The van der Waals surface area contributed by atoms with Gasteiger partial charge in [0, 0.05) is 18.8 Å². The van der Waals surface area contributed by atoms with Crippen molar-refractivity contribution in [2.45, 2.75) is 6.18 Å². The average Bonchev–Trinajstić information content (AvgIpc) is 2.38. The van der Waals surface area contributed by atoms with Crippen LogP contribution >= 0.6 is 0 Å². The second-order valence-corrected chi connectivity index (χ2v) is 3.70. The Morgan fingerprint density at radius 3 is 2.21 bits per heavy atom. The second kappa shape index (κ2) is 5.13. The molecule has 2 N–H and O–H groups in total. The molecule has 0 fully saturated rings. The third-order valence-electron chi connectivity index (χ3n) is 2.28. The van der Waals surface area contributed by atoms with E-state index in [0.29, 0.717) is 5.69 Å². The van der Waals surface area contributed by atoms with Gasteiger partial charge in [0.15, 0.2) is 0 Å². The van der Waals surface area contributed by atoms with Crippen molar-refractivity contribution in [2.24, 2.45) is 0 Å². The van der Waals surface area contributed by atoms with E-state index >= 15 is 0 Å². The third kappa shape index (κ3) is 3.34. The molecule has 4 nitrogen and oxygen atoms in total. The van der Waals surface area contributed by atoms with E-state index in [1.54, 1.807) is 24.3 Å². The van der Waals surface area contributed by atoms with Crippen LogP contribution in [0.15, 0.2) is 36.4 Å². The molecule has 0 aliphatic heterocycles. The third-order valence-corrected chi connectivity index (χ3v) is 2.28. The topological polar surface area (TPSA) is 49.8 Å². The van der Waals surface area contributed by atoms with Gasteiger partial charge in [-0.05, 0) is 12.1 Å². The molecule has 0 spiro atoms. The van der Waals surface area contributed by atoms with E-state index in [2.05, 4.69) is 20.6 Å². The van der Waals surface area contributed by atoms with Crippen molar-refractivity contribution in [3.05, 3.63) is 42.2 Å². The predicted octanol–water partition coefficient (Wildman–Crippen LogP) is 3.28. The number of nitrogens with zero attached hydrogens (tertiary/aromatic N) is 2. The van der Waals surface area contributed by atoms with E-state index < -0.39 is 12.0 Å². The Labute approximate surface area is 107 Å². The minimum absolute atomic E-state index is 0.0814. The van der Waals surface area contributed by atoms with Gasteiger partial charge in [-0.2, -0.15) is 13.2 Å². The van der Waals surface area contributed by atoms with Gasteiger partial charge in [0.2, 0.25) is 5.82 Å². The quantitative estimate of drug-likeness (QED) is 0.897. The first-order valence-electron chi connectivity index (χ1n) is 5.45. The highest BCUT2D eigenvalue weighted by Gasteiger charge is 2.35. The van der Waals surface area contributed by atoms with Gasteiger partial charge in [0.05, 0.1) is 0 Å². The molecule has 0 bridgehead atoms. The molecule has 19 heavy (non-hydrogen) atoms. The van der Waals surface area contributed by atoms with Crippen LogP contribution in [0.1, 0.15) is 5.82 Å². The highest BCUT2D eigenvalue weighted by atomic mass is 19.4. The number of alkyl halides is 3. The standard InChI is InChI=1S/C12H11F3N4/c1-16-9-7-10(17-8-5-3-2-4-6-8)19-11(18-9)12(13,14)15/h2-7H,1H3,(H2,16,17,18,19). The van der Waals surface area contributed by atoms with E-state index in [1.165, 1.54) is 13.1 Å². The Morgan fingerprint density at radius 2 is 1.63 bits per heavy atom. The highest BCUT2D eigenvalue weighted by molar-refractivity contribution is 5.59. The molecule has 0 aliphatic carbocycles. The molecule has 100 valence electrons. The zero-order chi connectivity index (χ0) is 13.9. The van der Waals surface area contributed by atoms with Crippen LogP contribution < -0.4 is 10.6 Å². The summed E-state index contributed by atoms with van der Waals surface area (Å²) in [4.78, 5) is 6.84. The smallest absolute Gasteiger partial charge is 0.373 e. The number of benzene rings is 1. The van der Waals surface area contributed by atoms with Crippen molar-refractivity contribution >= 4 is 17.3 Å². The molecule has 0 aliphatic rings. The van der Waals surface area contributed by atoms with Gasteiger partial charge >= 0.3 is 6.18 Å². The summed E-state index contributed by atoms with van der Waals surface area (Å²) in [5.74, 6) is -1.00. The Hall–Kier alpha value is -2.31. The van der Waals surface area contributed by atoms with E-state index in [1.807, 2.05) is 6.07 Å². The number of anilines is 3. The molecular weight excluding hydrogens is 257 g/mol. The summed E-state index contributed by atoms with van der Waals surface area (Å²) in [6.07, 6.45) is -4.58. The number of aromatic nitrogens is 2. The molecule has 1 aromatic carbocycles.